The molecule has 86 valence electrons. The average molecular weight is 220 g/mol. The number of amides is 1. The van der Waals surface area contributed by atoms with Crippen LogP contribution >= 0.6 is 0 Å². The maximum Gasteiger partial charge on any atom is 0.255 e. The van der Waals surface area contributed by atoms with Crippen molar-refractivity contribution in [2.24, 2.45) is 0 Å². The van der Waals surface area contributed by atoms with E-state index in [9.17, 15) is 9.90 Å². The number of rotatable bonds is 4. The summed E-state index contributed by atoms with van der Waals surface area (Å²) in [5.74, 6) is -0.147. The third kappa shape index (κ3) is 3.08. The lowest BCUT2D eigenvalue weighted by atomic mass is 10.2. The maximum absolute atomic E-state index is 12.0. The third-order valence-corrected chi connectivity index (χ3v) is 2.10. The first-order chi connectivity index (χ1) is 7.54. The molecular formula is C12H16N2O2. The quantitative estimate of drug-likeness (QED) is 0.787. The number of nitrogens with zero attached hydrogens (tertiary/aromatic N) is 2. The van der Waals surface area contributed by atoms with Gasteiger partial charge in [-0.3, -0.25) is 9.78 Å². The highest BCUT2D eigenvalue weighted by atomic mass is 16.3. The van der Waals surface area contributed by atoms with Gasteiger partial charge in [-0.15, -0.1) is 0 Å². The normalized spacial score (nSPS) is 9.88. The van der Waals surface area contributed by atoms with E-state index in [4.69, 9.17) is 0 Å². The van der Waals surface area contributed by atoms with Gasteiger partial charge >= 0.3 is 0 Å². The standard InChI is InChI=1S/C12H16N2O2/c1-4-14(8-9(2)3)12(16)10-5-11(15)7-13-6-10/h5-7,15H,2,4,8H2,1,3H3. The molecule has 4 heteroatoms. The van der Waals surface area contributed by atoms with Gasteiger partial charge in [-0.1, -0.05) is 12.2 Å². The van der Waals surface area contributed by atoms with Crippen molar-refractivity contribution in [3.8, 4) is 5.75 Å². The molecule has 0 saturated carbocycles. The lowest BCUT2D eigenvalue weighted by Gasteiger charge is -2.20. The largest absolute Gasteiger partial charge is 0.506 e. The zero-order chi connectivity index (χ0) is 12.1. The van der Waals surface area contributed by atoms with Gasteiger partial charge in [0.15, 0.2) is 0 Å². The van der Waals surface area contributed by atoms with Crippen LogP contribution in [-0.4, -0.2) is 34.0 Å². The second-order valence-electron chi connectivity index (χ2n) is 3.71. The molecule has 0 fully saturated rings. The molecule has 4 nitrogen and oxygen atoms in total. The summed E-state index contributed by atoms with van der Waals surface area (Å²) in [6.07, 6.45) is 2.74. The molecule has 0 aliphatic heterocycles. The molecule has 0 saturated heterocycles. The Morgan fingerprint density at radius 3 is 2.75 bits per heavy atom. The van der Waals surface area contributed by atoms with Crippen LogP contribution in [0.1, 0.15) is 24.2 Å². The van der Waals surface area contributed by atoms with Crippen LogP contribution in [0.25, 0.3) is 0 Å². The van der Waals surface area contributed by atoms with Gasteiger partial charge in [-0.25, -0.2) is 0 Å². The highest BCUT2D eigenvalue weighted by molar-refractivity contribution is 5.94. The Morgan fingerprint density at radius 1 is 1.56 bits per heavy atom. The number of aromatic nitrogens is 1. The average Bonchev–Trinajstić information content (AvgIpc) is 2.24. The Bertz CT molecular complexity index is 402. The molecule has 0 aromatic carbocycles. The van der Waals surface area contributed by atoms with Gasteiger partial charge in [0.1, 0.15) is 5.75 Å². The molecule has 16 heavy (non-hydrogen) atoms. The van der Waals surface area contributed by atoms with E-state index in [-0.39, 0.29) is 11.7 Å². The Labute approximate surface area is 95.2 Å². The van der Waals surface area contributed by atoms with E-state index < -0.39 is 0 Å². The molecule has 1 heterocycles. The van der Waals surface area contributed by atoms with E-state index in [0.717, 1.165) is 5.57 Å². The predicted molar refractivity (Wildman–Crippen MR) is 62.3 cm³/mol. The summed E-state index contributed by atoms with van der Waals surface area (Å²) in [6.45, 7) is 8.67. The molecule has 0 atom stereocenters. The van der Waals surface area contributed by atoms with Crippen LogP contribution in [0.15, 0.2) is 30.6 Å². The van der Waals surface area contributed by atoms with Gasteiger partial charge in [0.25, 0.3) is 5.91 Å². The minimum Gasteiger partial charge on any atom is -0.506 e. The summed E-state index contributed by atoms with van der Waals surface area (Å²) in [4.78, 5) is 17.4. The number of carbonyl (C=O) groups is 1. The van der Waals surface area contributed by atoms with E-state index in [0.29, 0.717) is 18.7 Å². The SMILES string of the molecule is C=C(C)CN(CC)C(=O)c1cncc(O)c1. The minimum atomic E-state index is -0.145. The van der Waals surface area contributed by atoms with Crippen LogP contribution in [0.3, 0.4) is 0 Å². The number of carbonyl (C=O) groups excluding carboxylic acids is 1. The fourth-order valence-electron chi connectivity index (χ4n) is 1.38. The molecule has 0 aliphatic rings. The molecule has 1 aromatic heterocycles. The Morgan fingerprint density at radius 2 is 2.25 bits per heavy atom. The number of pyridine rings is 1. The van der Waals surface area contributed by atoms with E-state index in [1.54, 1.807) is 4.90 Å². The molecule has 1 N–H and O–H groups in total. The number of hydrogen-bond donors (Lipinski definition) is 1. The zero-order valence-electron chi connectivity index (χ0n) is 9.60. The van der Waals surface area contributed by atoms with Gasteiger partial charge in [0, 0.05) is 19.3 Å². The molecule has 0 unspecified atom stereocenters. The first-order valence-corrected chi connectivity index (χ1v) is 5.12. The highest BCUT2D eigenvalue weighted by Crippen LogP contribution is 2.11. The van der Waals surface area contributed by atoms with Gasteiger partial charge in [0.05, 0.1) is 11.8 Å². The van der Waals surface area contributed by atoms with E-state index >= 15 is 0 Å². The Balaban J connectivity index is 2.86. The predicted octanol–water partition coefficient (Wildman–Crippen LogP) is 1.83. The highest BCUT2D eigenvalue weighted by Gasteiger charge is 2.14. The molecule has 0 radical (unpaired) electrons. The second kappa shape index (κ2) is 5.30. The molecular weight excluding hydrogens is 204 g/mol. The van der Waals surface area contributed by atoms with Crippen molar-refractivity contribution in [1.29, 1.82) is 0 Å². The van der Waals surface area contributed by atoms with Gasteiger partial charge in [-0.2, -0.15) is 0 Å². The van der Waals surface area contributed by atoms with E-state index in [2.05, 4.69) is 11.6 Å². The summed E-state index contributed by atoms with van der Waals surface area (Å²) >= 11 is 0. The summed E-state index contributed by atoms with van der Waals surface area (Å²) in [5, 5.41) is 9.25. The molecule has 1 rings (SSSR count). The maximum atomic E-state index is 12.0. The van der Waals surface area contributed by atoms with Crippen molar-refractivity contribution in [3.63, 3.8) is 0 Å². The van der Waals surface area contributed by atoms with Crippen molar-refractivity contribution in [3.05, 3.63) is 36.2 Å². The molecule has 1 aromatic rings. The van der Waals surface area contributed by atoms with E-state index in [1.165, 1.54) is 18.5 Å². The van der Waals surface area contributed by atoms with Crippen molar-refractivity contribution in [2.45, 2.75) is 13.8 Å². The topological polar surface area (TPSA) is 53.4 Å². The van der Waals surface area contributed by atoms with Crippen LogP contribution in [0.2, 0.25) is 0 Å². The molecule has 1 amide bonds. The summed E-state index contributed by atoms with van der Waals surface area (Å²) in [6, 6.07) is 1.41. The number of aromatic hydroxyl groups is 1. The summed E-state index contributed by atoms with van der Waals surface area (Å²) < 4.78 is 0. The van der Waals surface area contributed by atoms with E-state index in [1.807, 2.05) is 13.8 Å². The van der Waals surface area contributed by atoms with Crippen LogP contribution in [0.4, 0.5) is 0 Å². The minimum absolute atomic E-state index is 0.00257. The Kier molecular flexibility index (Phi) is 4.05. The smallest absolute Gasteiger partial charge is 0.255 e. The van der Waals surface area contributed by atoms with Crippen LogP contribution < -0.4 is 0 Å². The fourth-order valence-corrected chi connectivity index (χ4v) is 1.38. The zero-order valence-corrected chi connectivity index (χ0v) is 9.60. The van der Waals surface area contributed by atoms with Gasteiger partial charge in [0.2, 0.25) is 0 Å². The fraction of sp³-hybridized carbons (Fsp3) is 0.333. The lowest BCUT2D eigenvalue weighted by Crippen LogP contribution is -2.32. The summed E-state index contributed by atoms with van der Waals surface area (Å²) in [7, 11) is 0. The van der Waals surface area contributed by atoms with Crippen LogP contribution in [-0.2, 0) is 0 Å². The van der Waals surface area contributed by atoms with Gasteiger partial charge < -0.3 is 10.0 Å². The lowest BCUT2D eigenvalue weighted by molar-refractivity contribution is 0.0777. The first kappa shape index (κ1) is 12.2. The first-order valence-electron chi connectivity index (χ1n) is 5.12. The van der Waals surface area contributed by atoms with Crippen LogP contribution in [0, 0.1) is 0 Å². The number of likely N-dealkylation sites (N-methyl/N-ethyl adjacent to an activating group) is 1. The summed E-state index contributed by atoms with van der Waals surface area (Å²) in [5.41, 5.74) is 1.31. The monoisotopic (exact) mass is 220 g/mol. The molecule has 0 spiro atoms. The Hall–Kier alpha value is -1.84. The van der Waals surface area contributed by atoms with Crippen molar-refractivity contribution >= 4 is 5.91 Å². The van der Waals surface area contributed by atoms with Gasteiger partial charge in [-0.05, 0) is 19.9 Å². The molecule has 0 aliphatic carbocycles. The third-order valence-electron chi connectivity index (χ3n) is 2.10. The molecule has 0 bridgehead atoms. The van der Waals surface area contributed by atoms with Crippen molar-refractivity contribution in [1.82, 2.24) is 9.88 Å². The van der Waals surface area contributed by atoms with Crippen molar-refractivity contribution < 1.29 is 9.90 Å². The second-order valence-corrected chi connectivity index (χ2v) is 3.71. The number of hydrogen-bond acceptors (Lipinski definition) is 3. The van der Waals surface area contributed by atoms with Crippen LogP contribution in [0.5, 0.6) is 5.75 Å². The van der Waals surface area contributed by atoms with Crippen molar-refractivity contribution in [2.75, 3.05) is 13.1 Å².